The molecule has 0 saturated carbocycles. The third-order valence-corrected chi connectivity index (χ3v) is 2.98. The summed E-state index contributed by atoms with van der Waals surface area (Å²) < 4.78 is 5.18. The number of pyridine rings is 1. The molecule has 0 aliphatic rings. The van der Waals surface area contributed by atoms with Crippen LogP contribution in [0, 0.1) is 0 Å². The van der Waals surface area contributed by atoms with Crippen molar-refractivity contribution >= 4 is 28.3 Å². The molecule has 0 aliphatic carbocycles. The monoisotopic (exact) mass is 251 g/mol. The van der Waals surface area contributed by atoms with Crippen molar-refractivity contribution in [3.63, 3.8) is 0 Å². The Morgan fingerprint density at radius 1 is 1.41 bits per heavy atom. The lowest BCUT2D eigenvalue weighted by molar-refractivity contribution is 0.415. The molecule has 90 valence electrons. The van der Waals surface area contributed by atoms with E-state index in [0.717, 1.165) is 22.9 Å². The van der Waals surface area contributed by atoms with Gasteiger partial charge in [0.2, 0.25) is 0 Å². The van der Waals surface area contributed by atoms with E-state index in [1.807, 2.05) is 12.1 Å². The largest absolute Gasteiger partial charge is 0.495 e. The highest BCUT2D eigenvalue weighted by molar-refractivity contribution is 6.32. The van der Waals surface area contributed by atoms with E-state index >= 15 is 0 Å². The van der Waals surface area contributed by atoms with Gasteiger partial charge in [0, 0.05) is 5.39 Å². The van der Waals surface area contributed by atoms with E-state index < -0.39 is 0 Å². The number of nitrogen functional groups attached to an aromatic ring is 1. The van der Waals surface area contributed by atoms with Crippen LogP contribution in [-0.2, 0) is 6.42 Å². The summed E-state index contributed by atoms with van der Waals surface area (Å²) in [7, 11) is 1.59. The first-order valence-electron chi connectivity index (χ1n) is 5.33. The molecule has 1 heterocycles. The van der Waals surface area contributed by atoms with Crippen molar-refractivity contribution in [3.05, 3.63) is 28.8 Å². The number of aryl methyl sites for hydroxylation is 1. The second kappa shape index (κ2) is 4.77. The van der Waals surface area contributed by atoms with E-state index in [1.54, 1.807) is 13.2 Å². The summed E-state index contributed by atoms with van der Waals surface area (Å²) in [6, 6.07) is 5.69. The molecular formula is C12H14ClN3O. The Bertz CT molecular complexity index is 557. The molecule has 0 aliphatic heterocycles. The van der Waals surface area contributed by atoms with Crippen molar-refractivity contribution in [3.8, 4) is 5.75 Å². The van der Waals surface area contributed by atoms with Gasteiger partial charge in [-0.15, -0.1) is 0 Å². The van der Waals surface area contributed by atoms with Crippen LogP contribution in [0.1, 0.15) is 12.5 Å². The number of hydrogen-bond donors (Lipinski definition) is 2. The minimum Gasteiger partial charge on any atom is -0.495 e. The summed E-state index contributed by atoms with van der Waals surface area (Å²) in [4.78, 5) is 4.42. The third-order valence-electron chi connectivity index (χ3n) is 2.68. The highest BCUT2D eigenvalue weighted by Crippen LogP contribution is 2.30. The zero-order valence-electron chi connectivity index (χ0n) is 9.75. The zero-order chi connectivity index (χ0) is 12.4. The molecule has 0 bridgehead atoms. The highest BCUT2D eigenvalue weighted by atomic mass is 35.5. The normalized spacial score (nSPS) is 10.6. The first kappa shape index (κ1) is 12.0. The van der Waals surface area contributed by atoms with E-state index in [0.29, 0.717) is 16.6 Å². The van der Waals surface area contributed by atoms with Gasteiger partial charge in [-0.25, -0.2) is 10.8 Å². The summed E-state index contributed by atoms with van der Waals surface area (Å²) in [5.41, 5.74) is 4.45. The number of halogens is 1. The van der Waals surface area contributed by atoms with Gasteiger partial charge in [-0.1, -0.05) is 18.5 Å². The Labute approximate surface area is 105 Å². The molecule has 0 amide bonds. The maximum absolute atomic E-state index is 6.06. The highest BCUT2D eigenvalue weighted by Gasteiger charge is 2.08. The van der Waals surface area contributed by atoms with E-state index in [1.165, 1.54) is 0 Å². The molecule has 1 aromatic carbocycles. The summed E-state index contributed by atoms with van der Waals surface area (Å²) in [5, 5.41) is 1.53. The molecule has 0 atom stereocenters. The van der Waals surface area contributed by atoms with Crippen molar-refractivity contribution in [2.45, 2.75) is 13.3 Å². The van der Waals surface area contributed by atoms with Crippen molar-refractivity contribution < 1.29 is 4.74 Å². The lowest BCUT2D eigenvalue weighted by Crippen LogP contribution is -2.11. The van der Waals surface area contributed by atoms with Crippen LogP contribution < -0.4 is 16.0 Å². The average Bonchev–Trinajstić information content (AvgIpc) is 2.36. The van der Waals surface area contributed by atoms with E-state index in [9.17, 15) is 0 Å². The second-order valence-corrected chi connectivity index (χ2v) is 4.08. The Morgan fingerprint density at radius 2 is 2.18 bits per heavy atom. The molecule has 17 heavy (non-hydrogen) atoms. The van der Waals surface area contributed by atoms with Crippen LogP contribution >= 0.6 is 11.6 Å². The molecule has 1 aromatic heterocycles. The molecule has 0 spiro atoms. The molecule has 3 N–H and O–H groups in total. The number of nitrogens with two attached hydrogens (primary N) is 1. The maximum Gasteiger partial charge on any atom is 0.143 e. The number of anilines is 1. The molecule has 0 unspecified atom stereocenters. The fraction of sp³-hybridized carbons (Fsp3) is 0.250. The molecule has 4 nitrogen and oxygen atoms in total. The minimum atomic E-state index is 0.541. The number of hydrazine groups is 1. The Hall–Kier alpha value is -1.52. The van der Waals surface area contributed by atoms with Gasteiger partial charge >= 0.3 is 0 Å². The minimum absolute atomic E-state index is 0.541. The number of hydrogen-bond acceptors (Lipinski definition) is 4. The SMILES string of the molecule is CCc1cc2cc(OC)c(Cl)cc2nc1NN. The van der Waals surface area contributed by atoms with E-state index in [4.69, 9.17) is 22.2 Å². The van der Waals surface area contributed by atoms with Crippen LogP contribution in [0.3, 0.4) is 0 Å². The summed E-state index contributed by atoms with van der Waals surface area (Å²) in [6.45, 7) is 2.05. The van der Waals surface area contributed by atoms with Gasteiger partial charge in [-0.2, -0.15) is 0 Å². The first-order valence-corrected chi connectivity index (χ1v) is 5.71. The summed E-state index contributed by atoms with van der Waals surface area (Å²) in [6.07, 6.45) is 0.855. The smallest absolute Gasteiger partial charge is 0.143 e. The number of nitrogens with one attached hydrogen (secondary N) is 1. The van der Waals surface area contributed by atoms with Gasteiger partial charge in [0.1, 0.15) is 11.6 Å². The lowest BCUT2D eigenvalue weighted by Gasteiger charge is -2.10. The Balaban J connectivity index is 2.70. The number of aromatic nitrogens is 1. The van der Waals surface area contributed by atoms with Crippen molar-refractivity contribution in [1.82, 2.24) is 4.98 Å². The van der Waals surface area contributed by atoms with Crippen LogP contribution in [0.15, 0.2) is 18.2 Å². The standard InChI is InChI=1S/C12H14ClN3O/c1-3-7-4-8-5-11(17-2)9(13)6-10(8)15-12(7)16-14/h4-6H,3,14H2,1-2H3,(H,15,16). The van der Waals surface area contributed by atoms with Gasteiger partial charge < -0.3 is 10.2 Å². The van der Waals surface area contributed by atoms with Gasteiger partial charge in [0.25, 0.3) is 0 Å². The van der Waals surface area contributed by atoms with Gasteiger partial charge in [0.15, 0.2) is 0 Å². The number of fused-ring (bicyclic) bond motifs is 1. The number of benzene rings is 1. The zero-order valence-corrected chi connectivity index (χ0v) is 10.5. The molecule has 0 fully saturated rings. The number of nitrogens with zero attached hydrogens (tertiary/aromatic N) is 1. The molecular weight excluding hydrogens is 238 g/mol. The number of ether oxygens (including phenoxy) is 1. The summed E-state index contributed by atoms with van der Waals surface area (Å²) in [5.74, 6) is 6.77. The van der Waals surface area contributed by atoms with Crippen LogP contribution in [0.25, 0.3) is 10.9 Å². The molecule has 2 aromatic rings. The third kappa shape index (κ3) is 2.14. The van der Waals surface area contributed by atoms with Gasteiger partial charge in [-0.05, 0) is 30.2 Å². The molecule has 0 saturated heterocycles. The second-order valence-electron chi connectivity index (χ2n) is 3.67. The fourth-order valence-corrected chi connectivity index (χ4v) is 2.01. The van der Waals surface area contributed by atoms with Crippen molar-refractivity contribution in [2.24, 2.45) is 5.84 Å². The molecule has 0 radical (unpaired) electrons. The Kier molecular flexibility index (Phi) is 3.36. The molecule has 5 heteroatoms. The topological polar surface area (TPSA) is 60.2 Å². The lowest BCUT2D eigenvalue weighted by atomic mass is 10.1. The maximum atomic E-state index is 6.06. The van der Waals surface area contributed by atoms with Gasteiger partial charge in [0.05, 0.1) is 17.6 Å². The van der Waals surface area contributed by atoms with Crippen LogP contribution in [0.5, 0.6) is 5.75 Å². The van der Waals surface area contributed by atoms with Crippen LogP contribution in [0.2, 0.25) is 5.02 Å². The van der Waals surface area contributed by atoms with Crippen LogP contribution in [0.4, 0.5) is 5.82 Å². The Morgan fingerprint density at radius 3 is 2.76 bits per heavy atom. The fourth-order valence-electron chi connectivity index (χ4n) is 1.77. The molecule has 2 rings (SSSR count). The van der Waals surface area contributed by atoms with Crippen molar-refractivity contribution in [1.29, 1.82) is 0 Å². The number of rotatable bonds is 3. The van der Waals surface area contributed by atoms with Crippen LogP contribution in [-0.4, -0.2) is 12.1 Å². The summed E-state index contributed by atoms with van der Waals surface area (Å²) >= 11 is 6.06. The van der Waals surface area contributed by atoms with E-state index in [2.05, 4.69) is 17.3 Å². The van der Waals surface area contributed by atoms with Crippen molar-refractivity contribution in [2.75, 3.05) is 12.5 Å². The quantitative estimate of drug-likeness (QED) is 0.651. The average molecular weight is 252 g/mol. The number of methoxy groups -OCH3 is 1. The van der Waals surface area contributed by atoms with Gasteiger partial charge in [-0.3, -0.25) is 0 Å². The predicted octanol–water partition coefficient (Wildman–Crippen LogP) is 2.74. The predicted molar refractivity (Wildman–Crippen MR) is 70.5 cm³/mol. The van der Waals surface area contributed by atoms with E-state index in [-0.39, 0.29) is 0 Å². The first-order chi connectivity index (χ1) is 8.19.